The molecule has 2 rings (SSSR count). The zero-order valence-electron chi connectivity index (χ0n) is 22.6. The van der Waals surface area contributed by atoms with Gasteiger partial charge in [-0.25, -0.2) is 17.4 Å². The third kappa shape index (κ3) is 8.14. The third-order valence-electron chi connectivity index (χ3n) is 6.36. The summed E-state index contributed by atoms with van der Waals surface area (Å²) in [6.07, 6.45) is 0.126. The zero-order valence-corrected chi connectivity index (χ0v) is 25.2. The van der Waals surface area contributed by atoms with Crippen LogP contribution in [-0.4, -0.2) is 93.4 Å². The molecule has 2 saturated heterocycles. The van der Waals surface area contributed by atoms with Gasteiger partial charge in [0.05, 0.1) is 59.6 Å². The van der Waals surface area contributed by atoms with Crippen LogP contribution in [-0.2, 0) is 35.9 Å². The lowest BCUT2D eigenvalue weighted by Gasteiger charge is -2.50. The summed E-state index contributed by atoms with van der Waals surface area (Å²) in [5.41, 5.74) is 0. The van der Waals surface area contributed by atoms with E-state index in [9.17, 15) is 13.5 Å². The van der Waals surface area contributed by atoms with Crippen LogP contribution < -0.4 is 4.72 Å². The molecular weight excluding hydrogens is 492 g/mol. The van der Waals surface area contributed by atoms with Crippen LogP contribution in [0.15, 0.2) is 0 Å². The Morgan fingerprint density at radius 2 is 1.53 bits per heavy atom. The second-order valence-electron chi connectivity index (χ2n) is 12.1. The smallest absolute Gasteiger partial charge is 0.188 e. The summed E-state index contributed by atoms with van der Waals surface area (Å²) in [6, 6.07) is 0.475. The van der Waals surface area contributed by atoms with E-state index in [1.165, 1.54) is 0 Å². The Kier molecular flexibility index (Phi) is 11.0. The maximum absolute atomic E-state index is 14.3. The molecule has 0 bridgehead atoms. The third-order valence-corrected chi connectivity index (χ3v) is 12.4. The molecule has 11 heteroatoms. The highest BCUT2D eigenvalue weighted by atomic mass is 32.2. The fraction of sp³-hybridized carbons (Fsp3) is 1.00. The second kappa shape index (κ2) is 12.2. The van der Waals surface area contributed by atoms with Gasteiger partial charge in [-0.05, 0) is 67.6 Å². The molecule has 2 aliphatic rings. The molecule has 2 aliphatic heterocycles. The molecule has 0 aromatic rings. The molecule has 4 atom stereocenters. The van der Waals surface area contributed by atoms with Gasteiger partial charge < -0.3 is 19.0 Å². The number of ether oxygens (including phenoxy) is 2. The van der Waals surface area contributed by atoms with Crippen molar-refractivity contribution in [3.63, 3.8) is 0 Å². The minimum Gasteiger partial charge on any atom is -0.415 e. The highest BCUT2D eigenvalue weighted by Gasteiger charge is 2.48. The van der Waals surface area contributed by atoms with Crippen molar-refractivity contribution in [3.8, 4) is 0 Å². The van der Waals surface area contributed by atoms with E-state index >= 15 is 0 Å². The van der Waals surface area contributed by atoms with Gasteiger partial charge in [0.15, 0.2) is 8.32 Å². The van der Waals surface area contributed by atoms with Gasteiger partial charge in [-0.15, -0.1) is 0 Å². The summed E-state index contributed by atoms with van der Waals surface area (Å²) in [5, 5.41) is 10.5. The summed E-state index contributed by atoms with van der Waals surface area (Å²) < 4.78 is 48.4. The molecule has 8 nitrogen and oxygen atoms in total. The van der Waals surface area contributed by atoms with E-state index in [-0.39, 0.29) is 36.6 Å². The van der Waals surface area contributed by atoms with Crippen molar-refractivity contribution in [3.05, 3.63) is 0 Å². The van der Waals surface area contributed by atoms with Crippen molar-refractivity contribution in [2.45, 2.75) is 95.3 Å². The van der Waals surface area contributed by atoms with Crippen molar-refractivity contribution >= 4 is 30.3 Å². The van der Waals surface area contributed by atoms with Crippen LogP contribution in [0.3, 0.4) is 0 Å². The molecule has 2 fully saturated rings. The molecule has 0 saturated carbocycles. The van der Waals surface area contributed by atoms with Crippen molar-refractivity contribution < 1.29 is 27.4 Å². The van der Waals surface area contributed by atoms with Crippen molar-refractivity contribution in [2.24, 2.45) is 11.8 Å². The Hall–Kier alpha value is 0.277. The summed E-state index contributed by atoms with van der Waals surface area (Å²) >= 11 is 0. The van der Waals surface area contributed by atoms with Crippen LogP contribution >= 0.6 is 0 Å². The van der Waals surface area contributed by atoms with Crippen LogP contribution in [0.4, 0.5) is 0 Å². The first kappa shape index (κ1) is 30.5. The molecule has 0 aromatic heterocycles. The molecule has 0 spiro atoms. The lowest BCUT2D eigenvalue weighted by atomic mass is 9.93. The van der Waals surface area contributed by atoms with Gasteiger partial charge in [-0.2, -0.15) is 0 Å². The molecule has 2 N–H and O–H groups in total. The van der Waals surface area contributed by atoms with Gasteiger partial charge in [-0.3, -0.25) is 0 Å². The average Bonchev–Trinajstić information content (AvgIpc) is 2.59. The molecule has 0 radical (unpaired) electrons. The van der Waals surface area contributed by atoms with Crippen LogP contribution in [0.1, 0.15) is 48.5 Å². The molecule has 0 amide bonds. The molecular formula is C23H48N2O6S2Si. The minimum absolute atomic E-state index is 0.0415. The first-order valence-electron chi connectivity index (χ1n) is 12.4. The highest BCUT2D eigenvalue weighted by molar-refractivity contribution is 7.85. The Morgan fingerprint density at radius 1 is 1.03 bits per heavy atom. The number of hydrogen-bond donors (Lipinski definition) is 2. The fourth-order valence-corrected chi connectivity index (χ4v) is 10.1. The first-order chi connectivity index (χ1) is 15.6. The Balaban J connectivity index is 2.37. The molecule has 34 heavy (non-hydrogen) atoms. The van der Waals surface area contributed by atoms with Crippen LogP contribution in [0.25, 0.3) is 0 Å². The Bertz CT molecular complexity index is 708. The molecule has 2 heterocycles. The van der Waals surface area contributed by atoms with Crippen molar-refractivity contribution in [1.82, 2.24) is 9.03 Å². The van der Waals surface area contributed by atoms with Gasteiger partial charge in [-0.1, -0.05) is 0 Å². The van der Waals surface area contributed by atoms with Crippen molar-refractivity contribution in [2.75, 3.05) is 39.6 Å². The monoisotopic (exact) mass is 540 g/mol. The Morgan fingerprint density at radius 3 is 1.91 bits per heavy atom. The van der Waals surface area contributed by atoms with E-state index in [2.05, 4.69) is 36.0 Å². The van der Waals surface area contributed by atoms with Gasteiger partial charge in [0.1, 0.15) is 11.0 Å². The average molecular weight is 541 g/mol. The number of nitrogens with zero attached hydrogens (tertiary/aromatic N) is 1. The van der Waals surface area contributed by atoms with E-state index < -0.39 is 39.8 Å². The van der Waals surface area contributed by atoms with Gasteiger partial charge >= 0.3 is 0 Å². The van der Waals surface area contributed by atoms with Crippen LogP contribution in [0, 0.1) is 11.8 Å². The van der Waals surface area contributed by atoms with Gasteiger partial charge in [0.2, 0.25) is 0 Å². The summed E-state index contributed by atoms with van der Waals surface area (Å²) in [4.78, 5) is 0. The SMILES string of the molecule is CC(C)O[Si](C)(C)CC(C1COC1)N(C(CO)C1COC1)[S@@](=O)C(C)(C)CN[S@@](=O)C(C)(C)C. The lowest BCUT2D eigenvalue weighted by molar-refractivity contribution is -0.0992. The van der Waals surface area contributed by atoms with E-state index in [4.69, 9.17) is 13.9 Å². The van der Waals surface area contributed by atoms with Gasteiger partial charge in [0, 0.05) is 30.5 Å². The maximum atomic E-state index is 14.3. The van der Waals surface area contributed by atoms with Crippen LogP contribution in [0.5, 0.6) is 0 Å². The number of aliphatic hydroxyl groups excluding tert-OH is 1. The van der Waals surface area contributed by atoms with E-state index in [1.54, 1.807) is 0 Å². The van der Waals surface area contributed by atoms with Crippen molar-refractivity contribution in [1.29, 1.82) is 0 Å². The minimum atomic E-state index is -2.10. The summed E-state index contributed by atoms with van der Waals surface area (Å²) in [6.45, 7) is 20.8. The molecule has 2 unspecified atom stereocenters. The largest absolute Gasteiger partial charge is 0.415 e. The molecule has 202 valence electrons. The summed E-state index contributed by atoms with van der Waals surface area (Å²) in [5.74, 6) is 0.356. The fourth-order valence-electron chi connectivity index (χ4n) is 4.34. The number of hydrogen-bond acceptors (Lipinski definition) is 6. The van der Waals surface area contributed by atoms with E-state index in [0.717, 1.165) is 6.04 Å². The van der Waals surface area contributed by atoms with E-state index in [0.29, 0.717) is 33.0 Å². The highest BCUT2D eigenvalue weighted by Crippen LogP contribution is 2.36. The Labute approximate surface area is 213 Å². The number of aliphatic hydroxyl groups is 1. The predicted octanol–water partition coefficient (Wildman–Crippen LogP) is 2.43. The summed E-state index contributed by atoms with van der Waals surface area (Å²) in [7, 11) is -4.82. The lowest BCUT2D eigenvalue weighted by Crippen LogP contribution is -2.63. The number of rotatable bonds is 14. The topological polar surface area (TPSA) is 97.3 Å². The molecule has 0 aliphatic carbocycles. The first-order valence-corrected chi connectivity index (χ1v) is 17.8. The van der Waals surface area contributed by atoms with Gasteiger partial charge in [0.25, 0.3) is 0 Å². The number of nitrogens with one attached hydrogen (secondary N) is 1. The van der Waals surface area contributed by atoms with E-state index in [1.807, 2.05) is 34.6 Å². The standard InChI is InChI=1S/C23H48N2O6S2Si/c1-17(2)31-34(8,9)15-21(19-13-30-14-19)25(20(10-26)18-11-29-12-18)33(28)23(6,7)16-24-32(27)22(3,4)5/h17-21,24,26H,10-16H2,1-9H3/t20?,21?,32-,33-/m0/s1. The second-order valence-corrected chi connectivity index (χ2v) is 20.4. The zero-order chi connectivity index (χ0) is 25.9. The maximum Gasteiger partial charge on any atom is 0.188 e. The predicted molar refractivity (Wildman–Crippen MR) is 142 cm³/mol. The van der Waals surface area contributed by atoms with Crippen LogP contribution in [0.2, 0.25) is 19.1 Å². The molecule has 0 aromatic carbocycles. The quantitative estimate of drug-likeness (QED) is 0.329. The normalized spacial score (nSPS) is 22.4.